The Morgan fingerprint density at radius 3 is 2.57 bits per heavy atom. The van der Waals surface area contributed by atoms with Gasteiger partial charge in [0.2, 0.25) is 0 Å². The van der Waals surface area contributed by atoms with E-state index in [1.807, 2.05) is 12.1 Å². The van der Waals surface area contributed by atoms with Crippen molar-refractivity contribution in [2.75, 3.05) is 7.11 Å². The van der Waals surface area contributed by atoms with E-state index in [-0.39, 0.29) is 12.1 Å². The van der Waals surface area contributed by atoms with Crippen LogP contribution in [0.4, 0.5) is 4.79 Å². The molecule has 0 aliphatic heterocycles. The third kappa shape index (κ3) is 2.92. The number of hydrogen-bond acceptors (Lipinski definition) is 2. The molecule has 1 N–H and O–H groups in total. The van der Waals surface area contributed by atoms with Crippen LogP contribution in [-0.4, -0.2) is 13.2 Å². The Hall–Kier alpha value is -2.29. The van der Waals surface area contributed by atoms with E-state index < -0.39 is 0 Å². The molecule has 1 aliphatic carbocycles. The molecule has 2 aromatic rings. The molecular formula is C18H19NO2. The molecule has 0 spiro atoms. The molecule has 0 radical (unpaired) electrons. The highest BCUT2D eigenvalue weighted by Crippen LogP contribution is 2.38. The van der Waals surface area contributed by atoms with E-state index in [1.54, 1.807) is 0 Å². The highest BCUT2D eigenvalue weighted by Gasteiger charge is 2.28. The van der Waals surface area contributed by atoms with Gasteiger partial charge in [-0.1, -0.05) is 54.6 Å². The highest BCUT2D eigenvalue weighted by molar-refractivity contribution is 5.68. The molecule has 2 aromatic carbocycles. The van der Waals surface area contributed by atoms with Gasteiger partial charge in [0.15, 0.2) is 0 Å². The van der Waals surface area contributed by atoms with Crippen molar-refractivity contribution >= 4 is 6.09 Å². The topological polar surface area (TPSA) is 38.3 Å². The first kappa shape index (κ1) is 13.7. The molecule has 3 rings (SSSR count). The number of fused-ring (bicyclic) bond motifs is 1. The van der Waals surface area contributed by atoms with E-state index in [4.69, 9.17) is 4.74 Å². The lowest BCUT2D eigenvalue weighted by molar-refractivity contribution is 0.164. The van der Waals surface area contributed by atoms with Crippen LogP contribution >= 0.6 is 0 Å². The fraction of sp³-hybridized carbons (Fsp3) is 0.278. The lowest BCUT2D eigenvalue weighted by atomic mass is 9.77. The zero-order valence-electron chi connectivity index (χ0n) is 12.1. The summed E-state index contributed by atoms with van der Waals surface area (Å²) in [5, 5.41) is 2.96. The largest absolute Gasteiger partial charge is 0.453 e. The summed E-state index contributed by atoms with van der Waals surface area (Å²) in [7, 11) is 1.40. The minimum Gasteiger partial charge on any atom is -0.453 e. The average molecular weight is 281 g/mol. The van der Waals surface area contributed by atoms with Crippen molar-refractivity contribution in [2.24, 2.45) is 0 Å². The Morgan fingerprint density at radius 1 is 1.10 bits per heavy atom. The first-order chi connectivity index (χ1) is 10.3. The Balaban J connectivity index is 1.91. The molecule has 0 fully saturated rings. The average Bonchev–Trinajstić information content (AvgIpc) is 2.55. The summed E-state index contributed by atoms with van der Waals surface area (Å²) in [6.07, 6.45) is 1.54. The summed E-state index contributed by atoms with van der Waals surface area (Å²) >= 11 is 0. The molecule has 3 heteroatoms. The van der Waals surface area contributed by atoms with Crippen molar-refractivity contribution in [3.63, 3.8) is 0 Å². The van der Waals surface area contributed by atoms with Gasteiger partial charge in [0.05, 0.1) is 13.2 Å². The molecule has 21 heavy (non-hydrogen) atoms. The molecule has 1 amide bonds. The lowest BCUT2D eigenvalue weighted by Gasteiger charge is -2.32. The molecule has 2 unspecified atom stereocenters. The Morgan fingerprint density at radius 2 is 1.81 bits per heavy atom. The normalized spacial score (nSPS) is 20.4. The third-order valence-electron chi connectivity index (χ3n) is 4.17. The highest BCUT2D eigenvalue weighted by atomic mass is 16.5. The second-order valence-electron chi connectivity index (χ2n) is 5.43. The number of benzene rings is 2. The fourth-order valence-electron chi connectivity index (χ4n) is 3.14. The Bertz CT molecular complexity index is 624. The third-order valence-corrected chi connectivity index (χ3v) is 4.17. The van der Waals surface area contributed by atoms with Gasteiger partial charge in [0.25, 0.3) is 0 Å². The van der Waals surface area contributed by atoms with Gasteiger partial charge in [-0.05, 0) is 35.4 Å². The van der Waals surface area contributed by atoms with Gasteiger partial charge in [-0.25, -0.2) is 4.79 Å². The minimum atomic E-state index is -0.372. The number of ether oxygens (including phenoxy) is 1. The first-order valence-electron chi connectivity index (χ1n) is 7.25. The summed E-state index contributed by atoms with van der Waals surface area (Å²) in [4.78, 5) is 11.6. The van der Waals surface area contributed by atoms with Crippen LogP contribution in [0.2, 0.25) is 0 Å². The number of carbonyl (C=O) groups is 1. The van der Waals surface area contributed by atoms with Crippen LogP contribution < -0.4 is 5.32 Å². The Kier molecular flexibility index (Phi) is 3.91. The van der Waals surface area contributed by atoms with Crippen LogP contribution in [0.15, 0.2) is 54.6 Å². The second kappa shape index (κ2) is 6.00. The van der Waals surface area contributed by atoms with Crippen LogP contribution in [0.25, 0.3) is 0 Å². The number of hydrogen-bond donors (Lipinski definition) is 1. The van der Waals surface area contributed by atoms with Crippen molar-refractivity contribution in [3.05, 3.63) is 71.3 Å². The molecule has 0 saturated carbocycles. The lowest BCUT2D eigenvalue weighted by Crippen LogP contribution is -2.33. The molecule has 108 valence electrons. The molecule has 2 atom stereocenters. The predicted molar refractivity (Wildman–Crippen MR) is 82.2 cm³/mol. The maximum Gasteiger partial charge on any atom is 0.407 e. The summed E-state index contributed by atoms with van der Waals surface area (Å²) < 4.78 is 4.76. The first-order valence-corrected chi connectivity index (χ1v) is 7.25. The number of alkyl carbamates (subject to hydrolysis) is 1. The van der Waals surface area contributed by atoms with Crippen LogP contribution in [0, 0.1) is 0 Å². The van der Waals surface area contributed by atoms with Crippen molar-refractivity contribution in [3.8, 4) is 0 Å². The molecule has 0 bridgehead atoms. The quantitative estimate of drug-likeness (QED) is 0.909. The monoisotopic (exact) mass is 281 g/mol. The molecule has 0 aromatic heterocycles. The van der Waals surface area contributed by atoms with Gasteiger partial charge in [0.1, 0.15) is 0 Å². The maximum atomic E-state index is 11.6. The number of amides is 1. The standard InChI is InChI=1S/C18H19NO2/c1-21-18(20)19-17-12-15(13-7-3-2-4-8-13)11-14-9-5-6-10-16(14)17/h2-10,15,17H,11-12H2,1H3,(H,19,20). The van der Waals surface area contributed by atoms with E-state index in [9.17, 15) is 4.79 Å². The zero-order valence-corrected chi connectivity index (χ0v) is 12.1. The minimum absolute atomic E-state index is 0.00704. The van der Waals surface area contributed by atoms with Crippen LogP contribution in [0.1, 0.15) is 35.1 Å². The zero-order chi connectivity index (χ0) is 14.7. The fourth-order valence-corrected chi connectivity index (χ4v) is 3.14. The van der Waals surface area contributed by atoms with Crippen molar-refractivity contribution in [1.82, 2.24) is 5.32 Å². The van der Waals surface area contributed by atoms with Gasteiger partial charge in [-0.15, -0.1) is 0 Å². The van der Waals surface area contributed by atoms with E-state index in [1.165, 1.54) is 23.8 Å². The molecule has 0 saturated heterocycles. The number of rotatable bonds is 2. The molecule has 0 heterocycles. The van der Waals surface area contributed by atoms with Crippen LogP contribution in [0.5, 0.6) is 0 Å². The molecule has 1 aliphatic rings. The van der Waals surface area contributed by atoms with E-state index >= 15 is 0 Å². The van der Waals surface area contributed by atoms with E-state index in [2.05, 4.69) is 47.8 Å². The maximum absolute atomic E-state index is 11.6. The second-order valence-corrected chi connectivity index (χ2v) is 5.43. The number of nitrogens with one attached hydrogen (secondary N) is 1. The van der Waals surface area contributed by atoms with Crippen molar-refractivity contribution in [2.45, 2.75) is 24.8 Å². The van der Waals surface area contributed by atoms with Gasteiger partial charge >= 0.3 is 6.09 Å². The molecule has 3 nitrogen and oxygen atoms in total. The van der Waals surface area contributed by atoms with E-state index in [0.29, 0.717) is 5.92 Å². The van der Waals surface area contributed by atoms with Crippen LogP contribution in [0.3, 0.4) is 0 Å². The van der Waals surface area contributed by atoms with Gasteiger partial charge in [-0.3, -0.25) is 0 Å². The number of methoxy groups -OCH3 is 1. The molecular weight excluding hydrogens is 262 g/mol. The SMILES string of the molecule is COC(=O)NC1CC(c2ccccc2)Cc2ccccc21. The Labute approximate surface area is 124 Å². The summed E-state index contributed by atoms with van der Waals surface area (Å²) in [6.45, 7) is 0. The van der Waals surface area contributed by atoms with Crippen molar-refractivity contribution in [1.29, 1.82) is 0 Å². The summed E-state index contributed by atoms with van der Waals surface area (Å²) in [5.74, 6) is 0.420. The number of carbonyl (C=O) groups excluding carboxylic acids is 1. The summed E-state index contributed by atoms with van der Waals surface area (Å²) in [5.41, 5.74) is 3.83. The van der Waals surface area contributed by atoms with Crippen LogP contribution in [-0.2, 0) is 11.2 Å². The summed E-state index contributed by atoms with van der Waals surface area (Å²) in [6, 6.07) is 18.8. The van der Waals surface area contributed by atoms with Gasteiger partial charge < -0.3 is 10.1 Å². The van der Waals surface area contributed by atoms with Gasteiger partial charge in [-0.2, -0.15) is 0 Å². The van der Waals surface area contributed by atoms with Crippen molar-refractivity contribution < 1.29 is 9.53 Å². The predicted octanol–water partition coefficient (Wildman–Crippen LogP) is 3.81. The van der Waals surface area contributed by atoms with E-state index in [0.717, 1.165) is 12.8 Å². The van der Waals surface area contributed by atoms with Gasteiger partial charge in [0, 0.05) is 0 Å². The smallest absolute Gasteiger partial charge is 0.407 e.